The van der Waals surface area contributed by atoms with Gasteiger partial charge in [-0.25, -0.2) is 0 Å². The lowest BCUT2D eigenvalue weighted by atomic mass is 10.0. The Labute approximate surface area is 108 Å². The van der Waals surface area contributed by atoms with Gasteiger partial charge in [0.25, 0.3) is 5.91 Å². The minimum absolute atomic E-state index is 0.00287. The number of hydrogen-bond donors (Lipinski definition) is 1. The standard InChI is InChI=1S/C14H20N2O2/c1-10-4-3-5-12(13(10)15)14(17)16(2)11-6-8-18-9-7-11/h3-5,11H,6-9,15H2,1-2H3. The van der Waals surface area contributed by atoms with Crippen LogP contribution < -0.4 is 5.73 Å². The molecule has 2 N–H and O–H groups in total. The highest BCUT2D eigenvalue weighted by molar-refractivity contribution is 5.99. The second kappa shape index (κ2) is 5.40. The molecule has 1 aromatic carbocycles. The fourth-order valence-electron chi connectivity index (χ4n) is 2.30. The van der Waals surface area contributed by atoms with Crippen LogP contribution in [0.3, 0.4) is 0 Å². The zero-order valence-electron chi connectivity index (χ0n) is 11.0. The highest BCUT2D eigenvalue weighted by Gasteiger charge is 2.24. The molecule has 0 spiro atoms. The predicted octanol–water partition coefficient (Wildman–Crippen LogP) is 1.83. The van der Waals surface area contributed by atoms with Crippen LogP contribution in [-0.4, -0.2) is 37.1 Å². The van der Waals surface area contributed by atoms with E-state index in [4.69, 9.17) is 10.5 Å². The summed E-state index contributed by atoms with van der Waals surface area (Å²) in [6, 6.07) is 5.84. The zero-order chi connectivity index (χ0) is 13.1. The van der Waals surface area contributed by atoms with Gasteiger partial charge in [-0.2, -0.15) is 0 Å². The molecule has 2 rings (SSSR count). The highest BCUT2D eigenvalue weighted by Crippen LogP contribution is 2.21. The topological polar surface area (TPSA) is 55.6 Å². The van der Waals surface area contributed by atoms with Crippen LogP contribution in [0.15, 0.2) is 18.2 Å². The van der Waals surface area contributed by atoms with E-state index in [-0.39, 0.29) is 11.9 Å². The van der Waals surface area contributed by atoms with Gasteiger partial charge in [-0.1, -0.05) is 12.1 Å². The highest BCUT2D eigenvalue weighted by atomic mass is 16.5. The van der Waals surface area contributed by atoms with E-state index in [1.54, 1.807) is 11.0 Å². The average Bonchev–Trinajstić information content (AvgIpc) is 2.41. The monoisotopic (exact) mass is 248 g/mol. The number of carbonyl (C=O) groups is 1. The first-order valence-corrected chi connectivity index (χ1v) is 6.31. The van der Waals surface area contributed by atoms with Gasteiger partial charge in [0.05, 0.1) is 5.56 Å². The molecule has 0 bridgehead atoms. The molecule has 4 heteroatoms. The maximum atomic E-state index is 12.4. The summed E-state index contributed by atoms with van der Waals surface area (Å²) in [5.74, 6) is 0.00287. The number of nitrogens with zero attached hydrogens (tertiary/aromatic N) is 1. The number of ether oxygens (including phenoxy) is 1. The average molecular weight is 248 g/mol. The molecule has 0 atom stereocenters. The van der Waals surface area contributed by atoms with Gasteiger partial charge in [-0.05, 0) is 31.4 Å². The fourth-order valence-corrected chi connectivity index (χ4v) is 2.30. The minimum atomic E-state index is 0.00287. The normalized spacial score (nSPS) is 16.6. The van der Waals surface area contributed by atoms with E-state index in [9.17, 15) is 4.79 Å². The lowest BCUT2D eigenvalue weighted by molar-refractivity contribution is 0.0362. The molecular formula is C14H20N2O2. The Morgan fingerprint density at radius 2 is 2.06 bits per heavy atom. The molecule has 4 nitrogen and oxygen atoms in total. The molecule has 1 amide bonds. The van der Waals surface area contributed by atoms with E-state index >= 15 is 0 Å². The lowest BCUT2D eigenvalue weighted by Crippen LogP contribution is -2.40. The first kappa shape index (κ1) is 12.9. The molecule has 1 saturated heterocycles. The summed E-state index contributed by atoms with van der Waals surface area (Å²) in [6.07, 6.45) is 1.79. The van der Waals surface area contributed by atoms with Crippen molar-refractivity contribution in [2.24, 2.45) is 0 Å². The number of para-hydroxylation sites is 1. The van der Waals surface area contributed by atoms with E-state index < -0.39 is 0 Å². The number of anilines is 1. The summed E-state index contributed by atoms with van der Waals surface area (Å²) in [7, 11) is 1.85. The Balaban J connectivity index is 2.17. The number of rotatable bonds is 2. The lowest BCUT2D eigenvalue weighted by Gasteiger charge is -2.31. The van der Waals surface area contributed by atoms with Gasteiger partial charge in [0.2, 0.25) is 0 Å². The van der Waals surface area contributed by atoms with Crippen LogP contribution in [0, 0.1) is 6.92 Å². The Bertz CT molecular complexity index is 439. The summed E-state index contributed by atoms with van der Waals surface area (Å²) < 4.78 is 5.32. The van der Waals surface area contributed by atoms with Gasteiger partial charge in [-0.3, -0.25) is 4.79 Å². The predicted molar refractivity (Wildman–Crippen MR) is 71.5 cm³/mol. The largest absolute Gasteiger partial charge is 0.398 e. The number of nitrogen functional groups attached to an aromatic ring is 1. The summed E-state index contributed by atoms with van der Waals surface area (Å²) in [5, 5.41) is 0. The molecule has 18 heavy (non-hydrogen) atoms. The SMILES string of the molecule is Cc1cccc(C(=O)N(C)C2CCOCC2)c1N. The number of hydrogen-bond acceptors (Lipinski definition) is 3. The van der Waals surface area contributed by atoms with Gasteiger partial charge in [0.1, 0.15) is 0 Å². The van der Waals surface area contributed by atoms with Gasteiger partial charge in [0.15, 0.2) is 0 Å². The van der Waals surface area contributed by atoms with Crippen molar-refractivity contribution in [3.05, 3.63) is 29.3 Å². The van der Waals surface area contributed by atoms with Crippen LogP contribution in [0.1, 0.15) is 28.8 Å². The quantitative estimate of drug-likeness (QED) is 0.812. The minimum Gasteiger partial charge on any atom is -0.398 e. The zero-order valence-corrected chi connectivity index (χ0v) is 11.0. The summed E-state index contributed by atoms with van der Waals surface area (Å²) in [4.78, 5) is 14.2. The van der Waals surface area contributed by atoms with Crippen LogP contribution in [0.2, 0.25) is 0 Å². The smallest absolute Gasteiger partial charge is 0.255 e. The number of amides is 1. The molecule has 0 aliphatic carbocycles. The third-order valence-electron chi connectivity index (χ3n) is 3.61. The van der Waals surface area contributed by atoms with Crippen molar-refractivity contribution in [1.82, 2.24) is 4.90 Å². The number of benzene rings is 1. The van der Waals surface area contributed by atoms with Crippen molar-refractivity contribution in [1.29, 1.82) is 0 Å². The molecule has 1 aliphatic rings. The summed E-state index contributed by atoms with van der Waals surface area (Å²) in [5.41, 5.74) is 8.11. The maximum Gasteiger partial charge on any atom is 0.255 e. The first-order valence-electron chi connectivity index (χ1n) is 6.31. The Morgan fingerprint density at radius 3 is 2.72 bits per heavy atom. The van der Waals surface area contributed by atoms with Crippen LogP contribution in [0.5, 0.6) is 0 Å². The molecule has 1 heterocycles. The van der Waals surface area contributed by atoms with E-state index in [1.165, 1.54) is 0 Å². The molecule has 0 radical (unpaired) electrons. The first-order chi connectivity index (χ1) is 8.61. The summed E-state index contributed by atoms with van der Waals surface area (Å²) in [6.45, 7) is 3.37. The van der Waals surface area contributed by atoms with Crippen LogP contribution >= 0.6 is 0 Å². The van der Waals surface area contributed by atoms with Crippen molar-refractivity contribution in [3.8, 4) is 0 Å². The molecule has 1 fully saturated rings. The van der Waals surface area contributed by atoms with E-state index in [1.807, 2.05) is 26.1 Å². The Kier molecular flexibility index (Phi) is 3.87. The van der Waals surface area contributed by atoms with E-state index in [2.05, 4.69) is 0 Å². The van der Waals surface area contributed by atoms with Crippen molar-refractivity contribution in [2.45, 2.75) is 25.8 Å². The molecule has 0 saturated carbocycles. The second-order valence-corrected chi connectivity index (χ2v) is 4.80. The molecule has 1 aromatic rings. The van der Waals surface area contributed by atoms with Crippen molar-refractivity contribution in [2.75, 3.05) is 26.0 Å². The molecule has 98 valence electrons. The number of nitrogens with two attached hydrogens (primary N) is 1. The van der Waals surface area contributed by atoms with Crippen molar-refractivity contribution < 1.29 is 9.53 Å². The van der Waals surface area contributed by atoms with Gasteiger partial charge >= 0.3 is 0 Å². The number of aryl methyl sites for hydroxylation is 1. The van der Waals surface area contributed by atoms with Gasteiger partial charge < -0.3 is 15.4 Å². The summed E-state index contributed by atoms with van der Waals surface area (Å²) >= 11 is 0. The maximum absolute atomic E-state index is 12.4. The second-order valence-electron chi connectivity index (χ2n) is 4.80. The van der Waals surface area contributed by atoms with E-state index in [0.29, 0.717) is 11.3 Å². The van der Waals surface area contributed by atoms with Crippen LogP contribution in [-0.2, 0) is 4.74 Å². The molecule has 0 unspecified atom stereocenters. The van der Waals surface area contributed by atoms with Crippen molar-refractivity contribution >= 4 is 11.6 Å². The molecule has 1 aliphatic heterocycles. The Hall–Kier alpha value is -1.55. The number of carbonyl (C=O) groups excluding carboxylic acids is 1. The Morgan fingerprint density at radius 1 is 1.39 bits per heavy atom. The van der Waals surface area contributed by atoms with E-state index in [0.717, 1.165) is 31.6 Å². The third-order valence-corrected chi connectivity index (χ3v) is 3.61. The molecule has 0 aromatic heterocycles. The van der Waals surface area contributed by atoms with Gasteiger partial charge in [-0.15, -0.1) is 0 Å². The van der Waals surface area contributed by atoms with Crippen molar-refractivity contribution in [3.63, 3.8) is 0 Å². The van der Waals surface area contributed by atoms with Crippen LogP contribution in [0.25, 0.3) is 0 Å². The van der Waals surface area contributed by atoms with Gasteiger partial charge in [0, 0.05) is 32.0 Å². The van der Waals surface area contributed by atoms with Crippen LogP contribution in [0.4, 0.5) is 5.69 Å². The fraction of sp³-hybridized carbons (Fsp3) is 0.500. The third kappa shape index (κ3) is 2.48. The molecular weight excluding hydrogens is 228 g/mol.